The quantitative estimate of drug-likeness (QED) is 0.263. The van der Waals surface area contributed by atoms with Gasteiger partial charge in [-0.15, -0.1) is 0 Å². The number of fused-ring (bicyclic) bond motifs is 3. The van der Waals surface area contributed by atoms with E-state index in [0.717, 1.165) is 28.8 Å². The van der Waals surface area contributed by atoms with E-state index in [-0.39, 0.29) is 24.1 Å². The van der Waals surface area contributed by atoms with Crippen molar-refractivity contribution in [2.75, 3.05) is 11.9 Å². The SMILES string of the molecule is C=CNC1CNc2cc(OCc3cc(CC)cc([N+](=O)[O-])c3)c(O)cc2-c2ccccc2C1. The Kier molecular flexibility index (Phi) is 6.49. The van der Waals surface area contributed by atoms with Gasteiger partial charge in [0.2, 0.25) is 0 Å². The van der Waals surface area contributed by atoms with Crippen molar-refractivity contribution in [2.45, 2.75) is 32.4 Å². The number of ether oxygens (including phenoxy) is 1. The lowest BCUT2D eigenvalue weighted by Crippen LogP contribution is -2.35. The zero-order valence-electron chi connectivity index (χ0n) is 18.5. The summed E-state index contributed by atoms with van der Waals surface area (Å²) in [4.78, 5) is 10.8. The van der Waals surface area contributed by atoms with Gasteiger partial charge in [0.05, 0.1) is 4.92 Å². The van der Waals surface area contributed by atoms with Crippen molar-refractivity contribution in [3.8, 4) is 22.6 Å². The number of non-ortho nitro benzene ring substituents is 1. The molecule has 1 aliphatic heterocycles. The number of nitro groups is 1. The highest BCUT2D eigenvalue weighted by Gasteiger charge is 2.20. The number of nitrogens with zero attached hydrogens (tertiary/aromatic N) is 1. The van der Waals surface area contributed by atoms with Gasteiger partial charge in [0.1, 0.15) is 6.61 Å². The first-order chi connectivity index (χ1) is 16.0. The van der Waals surface area contributed by atoms with Crippen LogP contribution in [0.25, 0.3) is 11.1 Å². The van der Waals surface area contributed by atoms with E-state index in [2.05, 4.69) is 23.3 Å². The molecule has 1 unspecified atom stereocenters. The summed E-state index contributed by atoms with van der Waals surface area (Å²) in [5, 5.41) is 28.7. The zero-order chi connectivity index (χ0) is 23.4. The van der Waals surface area contributed by atoms with Crippen LogP contribution in [0.3, 0.4) is 0 Å². The van der Waals surface area contributed by atoms with E-state index in [4.69, 9.17) is 4.74 Å². The van der Waals surface area contributed by atoms with Crippen LogP contribution in [0.2, 0.25) is 0 Å². The van der Waals surface area contributed by atoms with Gasteiger partial charge in [0, 0.05) is 42.0 Å². The third-order valence-electron chi connectivity index (χ3n) is 5.82. The van der Waals surface area contributed by atoms with Gasteiger partial charge >= 0.3 is 0 Å². The smallest absolute Gasteiger partial charge is 0.270 e. The Labute approximate surface area is 192 Å². The lowest BCUT2D eigenvalue weighted by molar-refractivity contribution is -0.385. The maximum absolute atomic E-state index is 11.2. The van der Waals surface area contributed by atoms with Crippen LogP contribution in [-0.2, 0) is 19.4 Å². The van der Waals surface area contributed by atoms with E-state index >= 15 is 0 Å². The van der Waals surface area contributed by atoms with E-state index < -0.39 is 4.92 Å². The predicted octanol–water partition coefficient (Wildman–Crippen LogP) is 5.18. The minimum absolute atomic E-state index is 0.0211. The number of nitrogens with one attached hydrogen (secondary N) is 2. The van der Waals surface area contributed by atoms with Crippen molar-refractivity contribution in [3.63, 3.8) is 0 Å². The van der Waals surface area contributed by atoms with Crippen LogP contribution in [0.15, 0.2) is 67.4 Å². The zero-order valence-corrected chi connectivity index (χ0v) is 18.5. The molecule has 3 N–H and O–H groups in total. The number of hydrogen-bond acceptors (Lipinski definition) is 6. The fourth-order valence-electron chi connectivity index (χ4n) is 4.17. The van der Waals surface area contributed by atoms with Gasteiger partial charge in [-0.2, -0.15) is 0 Å². The number of phenols is 1. The molecule has 4 rings (SSSR count). The van der Waals surface area contributed by atoms with Gasteiger partial charge in [-0.05, 0) is 47.4 Å². The Bertz CT molecular complexity index is 1190. The first-order valence-electron chi connectivity index (χ1n) is 10.9. The van der Waals surface area contributed by atoms with Gasteiger partial charge in [-0.25, -0.2) is 0 Å². The molecule has 0 saturated heterocycles. The van der Waals surface area contributed by atoms with Crippen molar-refractivity contribution < 1.29 is 14.8 Å². The number of hydrogen-bond donors (Lipinski definition) is 3. The van der Waals surface area contributed by atoms with Crippen LogP contribution < -0.4 is 15.4 Å². The number of aromatic hydroxyl groups is 1. The Morgan fingerprint density at radius 3 is 2.76 bits per heavy atom. The van der Waals surface area contributed by atoms with Crippen molar-refractivity contribution in [1.29, 1.82) is 0 Å². The molecule has 0 saturated carbocycles. The molecule has 0 amide bonds. The van der Waals surface area contributed by atoms with E-state index in [0.29, 0.717) is 24.3 Å². The van der Waals surface area contributed by atoms with Gasteiger partial charge in [0.25, 0.3) is 5.69 Å². The number of rotatable bonds is 7. The molecular formula is C26H27N3O4. The minimum Gasteiger partial charge on any atom is -0.504 e. The highest BCUT2D eigenvalue weighted by atomic mass is 16.6. The second-order valence-electron chi connectivity index (χ2n) is 8.08. The fourth-order valence-corrected chi connectivity index (χ4v) is 4.17. The molecule has 0 spiro atoms. The van der Waals surface area contributed by atoms with Crippen LogP contribution in [0.1, 0.15) is 23.6 Å². The van der Waals surface area contributed by atoms with Crippen LogP contribution in [0.4, 0.5) is 11.4 Å². The molecule has 7 nitrogen and oxygen atoms in total. The number of benzene rings is 3. The van der Waals surface area contributed by atoms with Crippen LogP contribution >= 0.6 is 0 Å². The van der Waals surface area contributed by atoms with Crippen molar-refractivity contribution >= 4 is 11.4 Å². The van der Waals surface area contributed by atoms with Gasteiger partial charge in [-0.3, -0.25) is 10.1 Å². The minimum atomic E-state index is -0.402. The molecule has 33 heavy (non-hydrogen) atoms. The summed E-state index contributed by atoms with van der Waals surface area (Å²) in [6.45, 7) is 6.51. The summed E-state index contributed by atoms with van der Waals surface area (Å²) < 4.78 is 5.91. The molecule has 3 aromatic carbocycles. The Hall–Kier alpha value is -4.00. The Balaban J connectivity index is 1.65. The van der Waals surface area contributed by atoms with Crippen molar-refractivity contribution in [3.05, 3.63) is 94.2 Å². The number of anilines is 1. The second kappa shape index (κ2) is 9.65. The summed E-state index contributed by atoms with van der Waals surface area (Å²) in [5.74, 6) is 0.338. The monoisotopic (exact) mass is 445 g/mol. The maximum atomic E-state index is 11.2. The van der Waals surface area contributed by atoms with Crippen LogP contribution in [0, 0.1) is 10.1 Å². The van der Waals surface area contributed by atoms with Crippen LogP contribution in [0.5, 0.6) is 11.5 Å². The molecule has 1 heterocycles. The summed E-state index contributed by atoms with van der Waals surface area (Å²) in [7, 11) is 0. The second-order valence-corrected chi connectivity index (χ2v) is 8.08. The van der Waals surface area contributed by atoms with E-state index in [1.165, 1.54) is 11.6 Å². The molecular weight excluding hydrogens is 418 g/mol. The van der Waals surface area contributed by atoms with E-state index in [9.17, 15) is 15.2 Å². The molecule has 170 valence electrons. The average Bonchev–Trinajstić information content (AvgIpc) is 2.81. The summed E-state index contributed by atoms with van der Waals surface area (Å²) in [6.07, 6.45) is 3.20. The lowest BCUT2D eigenvalue weighted by atomic mass is 9.92. The Morgan fingerprint density at radius 2 is 2.00 bits per heavy atom. The topological polar surface area (TPSA) is 96.7 Å². The average molecular weight is 446 g/mol. The van der Waals surface area contributed by atoms with Crippen molar-refractivity contribution in [2.24, 2.45) is 0 Å². The molecule has 3 aromatic rings. The highest BCUT2D eigenvalue weighted by molar-refractivity contribution is 5.83. The van der Waals surface area contributed by atoms with Crippen molar-refractivity contribution in [1.82, 2.24) is 5.32 Å². The molecule has 0 aromatic heterocycles. The molecule has 1 atom stereocenters. The van der Waals surface area contributed by atoms with E-state index in [1.807, 2.05) is 31.2 Å². The maximum Gasteiger partial charge on any atom is 0.270 e. The number of nitro benzene ring substituents is 1. The van der Waals surface area contributed by atoms with Gasteiger partial charge in [0.15, 0.2) is 11.5 Å². The molecule has 7 heteroatoms. The van der Waals surface area contributed by atoms with Gasteiger partial charge in [-0.1, -0.05) is 43.8 Å². The first-order valence-corrected chi connectivity index (χ1v) is 10.9. The molecule has 0 radical (unpaired) electrons. The Morgan fingerprint density at radius 1 is 1.21 bits per heavy atom. The summed E-state index contributed by atoms with van der Waals surface area (Å²) in [5.41, 5.74) is 5.55. The first kappa shape index (κ1) is 22.2. The molecule has 0 fully saturated rings. The third kappa shape index (κ3) is 4.92. The normalized spacial score (nSPS) is 14.6. The largest absolute Gasteiger partial charge is 0.504 e. The predicted molar refractivity (Wildman–Crippen MR) is 130 cm³/mol. The standard InChI is InChI=1S/C26H27N3O4/c1-3-17-9-18(11-21(10-17)29(31)32)16-33-26-14-24-23(13-25(26)30)22-8-6-5-7-19(22)12-20(15-28-24)27-4-2/h4-11,13-14,20,27-28,30H,2-3,12,15-16H2,1H3. The fraction of sp³-hybridized carbons (Fsp3) is 0.231. The molecule has 0 aliphatic carbocycles. The van der Waals surface area contributed by atoms with E-state index in [1.54, 1.807) is 24.4 Å². The highest BCUT2D eigenvalue weighted by Crippen LogP contribution is 2.41. The number of phenolic OH excluding ortho intramolecular Hbond substituents is 1. The third-order valence-corrected chi connectivity index (χ3v) is 5.82. The summed E-state index contributed by atoms with van der Waals surface area (Å²) in [6, 6.07) is 16.8. The number of aryl methyl sites for hydroxylation is 1. The van der Waals surface area contributed by atoms with Crippen LogP contribution in [-0.4, -0.2) is 22.6 Å². The molecule has 1 aliphatic rings. The summed E-state index contributed by atoms with van der Waals surface area (Å²) >= 11 is 0. The van der Waals surface area contributed by atoms with Gasteiger partial charge < -0.3 is 20.5 Å². The lowest BCUT2D eigenvalue weighted by Gasteiger charge is -2.26. The molecule has 0 bridgehead atoms.